The van der Waals surface area contributed by atoms with Gasteiger partial charge in [-0.3, -0.25) is 0 Å². The molecule has 0 saturated heterocycles. The van der Waals surface area contributed by atoms with Gasteiger partial charge in [0.1, 0.15) is 0 Å². The Morgan fingerprint density at radius 1 is 1.17 bits per heavy atom. The normalized spacial score (nSPS) is 15.3. The van der Waals surface area contributed by atoms with Crippen molar-refractivity contribution < 1.29 is 4.52 Å². The molecule has 0 radical (unpaired) electrons. The Kier molecular flexibility index (Phi) is 5.79. The lowest BCUT2D eigenvalue weighted by molar-refractivity contribution is 0.278. The molecule has 0 saturated carbocycles. The first kappa shape index (κ1) is 15.2. The summed E-state index contributed by atoms with van der Waals surface area (Å²) >= 11 is 0. The molecule has 0 fully saturated rings. The highest BCUT2D eigenvalue weighted by atomic mass is 16.5. The van der Waals surface area contributed by atoms with Gasteiger partial charge in [-0.2, -0.15) is 4.98 Å². The second-order valence-electron chi connectivity index (χ2n) is 5.66. The number of nitrogens with one attached hydrogen (secondary N) is 1. The quantitative estimate of drug-likeness (QED) is 0.810. The van der Waals surface area contributed by atoms with E-state index in [4.69, 9.17) is 4.52 Å². The molecular weight excluding hydrogens is 226 g/mol. The van der Waals surface area contributed by atoms with Gasteiger partial charge in [-0.15, -0.1) is 0 Å². The maximum Gasteiger partial charge on any atom is 0.231 e. The van der Waals surface area contributed by atoms with Crippen LogP contribution >= 0.6 is 0 Å². The molecule has 0 aromatic carbocycles. The van der Waals surface area contributed by atoms with Crippen LogP contribution in [0.15, 0.2) is 4.52 Å². The molecule has 18 heavy (non-hydrogen) atoms. The minimum Gasteiger partial charge on any atom is -0.339 e. The SMILES string of the molecule is CCCNC(C)C(c1nc(C(C)C)no1)C(C)C. The van der Waals surface area contributed by atoms with Crippen LogP contribution in [0.2, 0.25) is 0 Å². The lowest BCUT2D eigenvalue weighted by atomic mass is 9.89. The van der Waals surface area contributed by atoms with Crippen molar-refractivity contribution in [2.45, 2.75) is 65.8 Å². The molecular formula is C14H27N3O. The van der Waals surface area contributed by atoms with Gasteiger partial charge in [-0.05, 0) is 25.8 Å². The standard InChI is InChI=1S/C14H27N3O/c1-7-8-15-11(6)12(9(2)3)14-16-13(10(4)5)17-18-14/h9-12,15H,7-8H2,1-6H3. The van der Waals surface area contributed by atoms with E-state index < -0.39 is 0 Å². The van der Waals surface area contributed by atoms with Crippen LogP contribution in [0.3, 0.4) is 0 Å². The minimum absolute atomic E-state index is 0.275. The largest absolute Gasteiger partial charge is 0.339 e. The highest BCUT2D eigenvalue weighted by Gasteiger charge is 2.28. The molecule has 0 aliphatic heterocycles. The zero-order chi connectivity index (χ0) is 13.7. The van der Waals surface area contributed by atoms with Crippen molar-refractivity contribution in [3.05, 3.63) is 11.7 Å². The van der Waals surface area contributed by atoms with Gasteiger partial charge in [0.25, 0.3) is 0 Å². The highest BCUT2D eigenvalue weighted by molar-refractivity contribution is 5.01. The maximum absolute atomic E-state index is 5.45. The first-order chi connectivity index (χ1) is 8.47. The molecule has 4 heteroatoms. The van der Waals surface area contributed by atoms with Crippen molar-refractivity contribution in [3.63, 3.8) is 0 Å². The Balaban J connectivity index is 2.83. The zero-order valence-corrected chi connectivity index (χ0v) is 12.5. The van der Waals surface area contributed by atoms with E-state index in [9.17, 15) is 0 Å². The van der Waals surface area contributed by atoms with Crippen LogP contribution in [0, 0.1) is 5.92 Å². The van der Waals surface area contributed by atoms with Gasteiger partial charge in [-0.1, -0.05) is 39.8 Å². The highest BCUT2D eigenvalue weighted by Crippen LogP contribution is 2.27. The molecule has 1 rings (SSSR count). The van der Waals surface area contributed by atoms with Crippen LogP contribution in [-0.4, -0.2) is 22.7 Å². The number of hydrogen-bond acceptors (Lipinski definition) is 4. The smallest absolute Gasteiger partial charge is 0.231 e. The molecule has 1 heterocycles. The second-order valence-corrected chi connectivity index (χ2v) is 5.66. The Labute approximate surface area is 111 Å². The van der Waals surface area contributed by atoms with Crippen molar-refractivity contribution in [3.8, 4) is 0 Å². The molecule has 0 spiro atoms. The third kappa shape index (κ3) is 3.80. The summed E-state index contributed by atoms with van der Waals surface area (Å²) in [7, 11) is 0. The van der Waals surface area contributed by atoms with E-state index in [1.807, 2.05) is 0 Å². The van der Waals surface area contributed by atoms with E-state index in [1.54, 1.807) is 0 Å². The van der Waals surface area contributed by atoms with Crippen molar-refractivity contribution in [2.24, 2.45) is 5.92 Å². The molecule has 0 bridgehead atoms. The van der Waals surface area contributed by atoms with E-state index in [-0.39, 0.29) is 5.92 Å². The van der Waals surface area contributed by atoms with E-state index in [0.29, 0.717) is 17.9 Å². The molecule has 2 unspecified atom stereocenters. The van der Waals surface area contributed by atoms with Gasteiger partial charge in [0, 0.05) is 12.0 Å². The summed E-state index contributed by atoms with van der Waals surface area (Å²) in [5.74, 6) is 2.64. The fraction of sp³-hybridized carbons (Fsp3) is 0.857. The fourth-order valence-electron chi connectivity index (χ4n) is 2.19. The molecule has 0 amide bonds. The van der Waals surface area contributed by atoms with Crippen LogP contribution in [0.5, 0.6) is 0 Å². The Morgan fingerprint density at radius 3 is 2.28 bits per heavy atom. The average Bonchev–Trinajstić information content (AvgIpc) is 2.75. The summed E-state index contributed by atoms with van der Waals surface area (Å²) in [5.41, 5.74) is 0. The van der Waals surface area contributed by atoms with E-state index in [2.05, 4.69) is 57.0 Å². The molecule has 1 aromatic rings. The summed E-state index contributed by atoms with van der Waals surface area (Å²) in [6.45, 7) is 14.0. The van der Waals surface area contributed by atoms with Crippen molar-refractivity contribution in [1.82, 2.24) is 15.5 Å². The first-order valence-corrected chi connectivity index (χ1v) is 7.04. The van der Waals surface area contributed by atoms with Gasteiger partial charge >= 0.3 is 0 Å². The van der Waals surface area contributed by atoms with E-state index in [0.717, 1.165) is 24.7 Å². The zero-order valence-electron chi connectivity index (χ0n) is 12.5. The lowest BCUT2D eigenvalue weighted by Gasteiger charge is -2.25. The first-order valence-electron chi connectivity index (χ1n) is 7.04. The Bertz CT molecular complexity index is 347. The van der Waals surface area contributed by atoms with Gasteiger partial charge in [0.2, 0.25) is 5.89 Å². The topological polar surface area (TPSA) is 51.0 Å². The number of nitrogens with zero attached hydrogens (tertiary/aromatic N) is 2. The van der Waals surface area contributed by atoms with Crippen LogP contribution < -0.4 is 5.32 Å². The number of aromatic nitrogens is 2. The molecule has 1 aromatic heterocycles. The van der Waals surface area contributed by atoms with Crippen molar-refractivity contribution in [1.29, 1.82) is 0 Å². The summed E-state index contributed by atoms with van der Waals surface area (Å²) in [4.78, 5) is 4.54. The maximum atomic E-state index is 5.45. The summed E-state index contributed by atoms with van der Waals surface area (Å²) in [6.07, 6.45) is 1.14. The third-order valence-corrected chi connectivity index (χ3v) is 3.23. The minimum atomic E-state index is 0.275. The fourth-order valence-corrected chi connectivity index (χ4v) is 2.19. The molecule has 1 N–H and O–H groups in total. The molecule has 4 nitrogen and oxygen atoms in total. The van der Waals surface area contributed by atoms with Crippen molar-refractivity contribution >= 4 is 0 Å². The predicted octanol–water partition coefficient (Wildman–Crippen LogP) is 3.32. The van der Waals surface area contributed by atoms with Crippen molar-refractivity contribution in [2.75, 3.05) is 6.54 Å². The molecule has 2 atom stereocenters. The molecule has 0 aliphatic carbocycles. The van der Waals surface area contributed by atoms with Gasteiger partial charge in [0.15, 0.2) is 5.82 Å². The monoisotopic (exact) mass is 253 g/mol. The lowest BCUT2D eigenvalue weighted by Crippen LogP contribution is -2.35. The van der Waals surface area contributed by atoms with E-state index >= 15 is 0 Å². The number of rotatable bonds is 7. The van der Waals surface area contributed by atoms with Gasteiger partial charge in [0.05, 0.1) is 5.92 Å². The second kappa shape index (κ2) is 6.88. The van der Waals surface area contributed by atoms with Crippen LogP contribution in [0.1, 0.15) is 71.5 Å². The summed E-state index contributed by atoms with van der Waals surface area (Å²) < 4.78 is 5.45. The predicted molar refractivity (Wildman–Crippen MR) is 73.7 cm³/mol. The third-order valence-electron chi connectivity index (χ3n) is 3.23. The van der Waals surface area contributed by atoms with Crippen LogP contribution in [0.4, 0.5) is 0 Å². The van der Waals surface area contributed by atoms with Crippen LogP contribution in [-0.2, 0) is 0 Å². The average molecular weight is 253 g/mol. The number of hydrogen-bond donors (Lipinski definition) is 1. The van der Waals surface area contributed by atoms with Gasteiger partial charge in [-0.25, -0.2) is 0 Å². The van der Waals surface area contributed by atoms with E-state index in [1.165, 1.54) is 0 Å². The summed E-state index contributed by atoms with van der Waals surface area (Å²) in [5, 5.41) is 7.59. The van der Waals surface area contributed by atoms with Gasteiger partial charge < -0.3 is 9.84 Å². The Morgan fingerprint density at radius 2 is 1.83 bits per heavy atom. The Hall–Kier alpha value is -0.900. The molecule has 104 valence electrons. The van der Waals surface area contributed by atoms with Crippen LogP contribution in [0.25, 0.3) is 0 Å². The molecule has 0 aliphatic rings. The summed E-state index contributed by atoms with van der Waals surface area (Å²) in [6, 6.07) is 0.352.